The monoisotopic (exact) mass is 224 g/mol. The van der Waals surface area contributed by atoms with Crippen molar-refractivity contribution >= 4 is 11.9 Å². The Kier molecular flexibility index (Phi) is 4.15. The first-order valence-corrected chi connectivity index (χ1v) is 6.10. The largest absolute Gasteiger partial charge is 0.295 e. The van der Waals surface area contributed by atoms with E-state index < -0.39 is 12.0 Å². The smallest absolute Gasteiger partial charge is 0.276 e. The van der Waals surface area contributed by atoms with E-state index in [1.807, 2.05) is 18.7 Å². The van der Waals surface area contributed by atoms with Gasteiger partial charge in [0.15, 0.2) is 0 Å². The van der Waals surface area contributed by atoms with Gasteiger partial charge in [-0.3, -0.25) is 9.62 Å². The zero-order valence-corrected chi connectivity index (χ0v) is 9.70. The van der Waals surface area contributed by atoms with Gasteiger partial charge in [-0.1, -0.05) is 11.9 Å². The summed E-state index contributed by atoms with van der Waals surface area (Å²) in [6, 6.07) is -0.469. The molecule has 0 saturated carbocycles. The zero-order chi connectivity index (χ0) is 10.8. The first kappa shape index (κ1) is 12.2. The fraction of sp³-hybridized carbons (Fsp3) is 1.00. The minimum atomic E-state index is -2.61. The van der Waals surface area contributed by atoms with Gasteiger partial charge in [0.05, 0.1) is 12.6 Å². The molecule has 5 heteroatoms. The van der Waals surface area contributed by atoms with Gasteiger partial charge in [0.1, 0.15) is 0 Å². The van der Waals surface area contributed by atoms with Gasteiger partial charge in [0, 0.05) is 12.6 Å². The average Bonchev–Trinajstić information content (AvgIpc) is 2.08. The van der Waals surface area contributed by atoms with Gasteiger partial charge in [0.2, 0.25) is 0 Å². The Morgan fingerprint density at radius 3 is 2.57 bits per heavy atom. The summed E-state index contributed by atoms with van der Waals surface area (Å²) >= 11 is 1.27. The molecule has 0 amide bonds. The van der Waals surface area contributed by atoms with E-state index in [4.69, 9.17) is 0 Å². The molecule has 1 heterocycles. The van der Waals surface area contributed by atoms with E-state index in [9.17, 15) is 8.78 Å². The van der Waals surface area contributed by atoms with E-state index in [-0.39, 0.29) is 12.6 Å². The summed E-state index contributed by atoms with van der Waals surface area (Å²) in [6.45, 7) is 4.55. The molecule has 1 aliphatic rings. The molecule has 1 aliphatic heterocycles. The molecule has 1 rings (SSSR count). The van der Waals surface area contributed by atoms with Crippen molar-refractivity contribution in [1.82, 2.24) is 9.62 Å². The molecule has 0 spiro atoms. The fourth-order valence-electron chi connectivity index (χ4n) is 1.69. The predicted molar refractivity (Wildman–Crippen MR) is 56.7 cm³/mol. The number of hydrogen-bond acceptors (Lipinski definition) is 3. The van der Waals surface area contributed by atoms with Crippen molar-refractivity contribution in [2.75, 3.05) is 19.3 Å². The van der Waals surface area contributed by atoms with Gasteiger partial charge in [-0.05, 0) is 26.5 Å². The second kappa shape index (κ2) is 4.77. The van der Waals surface area contributed by atoms with Crippen LogP contribution in [0, 0.1) is 0 Å². The van der Waals surface area contributed by atoms with E-state index in [0.29, 0.717) is 6.42 Å². The number of nitrogens with one attached hydrogen (secondary N) is 1. The third kappa shape index (κ3) is 2.81. The summed E-state index contributed by atoms with van der Waals surface area (Å²) in [7, 11) is 0. The molecule has 0 aromatic heterocycles. The van der Waals surface area contributed by atoms with E-state index in [2.05, 4.69) is 4.72 Å². The van der Waals surface area contributed by atoms with Crippen LogP contribution in [-0.4, -0.2) is 42.3 Å². The summed E-state index contributed by atoms with van der Waals surface area (Å²) in [6.07, 6.45) is 2.30. The maximum Gasteiger partial charge on any atom is 0.276 e. The van der Waals surface area contributed by atoms with Crippen molar-refractivity contribution in [3.05, 3.63) is 0 Å². The zero-order valence-electron chi connectivity index (χ0n) is 8.89. The summed E-state index contributed by atoms with van der Waals surface area (Å²) < 4.78 is 29.9. The SMILES string of the molecule is CSNC1CCN(C(C)C)CC1(F)F. The Balaban J connectivity index is 2.56. The predicted octanol–water partition coefficient (Wildman–Crippen LogP) is 1.97. The maximum absolute atomic E-state index is 13.5. The Labute approximate surface area is 88.6 Å². The summed E-state index contributed by atoms with van der Waals surface area (Å²) in [5, 5.41) is 0. The van der Waals surface area contributed by atoms with Gasteiger partial charge in [-0.15, -0.1) is 0 Å². The third-order valence-electron chi connectivity index (χ3n) is 2.62. The first-order chi connectivity index (χ1) is 6.47. The minimum Gasteiger partial charge on any atom is -0.295 e. The van der Waals surface area contributed by atoms with Gasteiger partial charge in [-0.25, -0.2) is 8.78 Å². The highest BCUT2D eigenvalue weighted by atomic mass is 32.2. The molecule has 1 fully saturated rings. The van der Waals surface area contributed by atoms with E-state index in [1.54, 1.807) is 6.26 Å². The second-order valence-corrected chi connectivity index (χ2v) is 4.63. The van der Waals surface area contributed by atoms with Crippen LogP contribution in [-0.2, 0) is 0 Å². The third-order valence-corrected chi connectivity index (χ3v) is 3.14. The van der Waals surface area contributed by atoms with Crippen LogP contribution < -0.4 is 4.72 Å². The average molecular weight is 224 g/mol. The lowest BCUT2D eigenvalue weighted by molar-refractivity contribution is -0.0903. The quantitative estimate of drug-likeness (QED) is 0.738. The second-order valence-electron chi connectivity index (χ2n) is 3.99. The first-order valence-electron chi connectivity index (χ1n) is 4.87. The molecule has 0 bridgehead atoms. The van der Waals surface area contributed by atoms with Gasteiger partial charge in [-0.2, -0.15) is 0 Å². The molecule has 14 heavy (non-hydrogen) atoms. The van der Waals surface area contributed by atoms with Crippen LogP contribution in [0.3, 0.4) is 0 Å². The van der Waals surface area contributed by atoms with Crippen molar-refractivity contribution in [3.63, 3.8) is 0 Å². The molecule has 1 unspecified atom stereocenters. The molecular weight excluding hydrogens is 206 g/mol. The molecule has 0 aliphatic carbocycles. The maximum atomic E-state index is 13.5. The minimum absolute atomic E-state index is 0.122. The van der Waals surface area contributed by atoms with E-state index >= 15 is 0 Å². The standard InChI is InChI=1S/C9H18F2N2S/c1-7(2)13-5-4-8(12-14-3)9(10,11)6-13/h7-8,12H,4-6H2,1-3H3. The molecule has 84 valence electrons. The Bertz CT molecular complexity index is 188. The molecular formula is C9H18F2N2S. The van der Waals surface area contributed by atoms with Crippen LogP contribution in [0.2, 0.25) is 0 Å². The highest BCUT2D eigenvalue weighted by molar-refractivity contribution is 7.96. The molecule has 0 aromatic carbocycles. The highest BCUT2D eigenvalue weighted by Gasteiger charge is 2.44. The summed E-state index contributed by atoms with van der Waals surface area (Å²) in [5.74, 6) is -2.61. The Morgan fingerprint density at radius 2 is 2.14 bits per heavy atom. The van der Waals surface area contributed by atoms with Crippen molar-refractivity contribution in [2.24, 2.45) is 0 Å². The number of halogens is 2. The number of nitrogens with zero attached hydrogens (tertiary/aromatic N) is 1. The van der Waals surface area contributed by atoms with Crippen molar-refractivity contribution in [1.29, 1.82) is 0 Å². The lowest BCUT2D eigenvalue weighted by atomic mass is 10.0. The highest BCUT2D eigenvalue weighted by Crippen LogP contribution is 2.29. The number of rotatable bonds is 3. The Morgan fingerprint density at radius 1 is 1.50 bits per heavy atom. The van der Waals surface area contributed by atoms with E-state index in [0.717, 1.165) is 6.54 Å². The van der Waals surface area contributed by atoms with E-state index in [1.165, 1.54) is 11.9 Å². The summed E-state index contributed by atoms with van der Waals surface area (Å²) in [5.41, 5.74) is 0. The van der Waals surface area contributed by atoms with Crippen LogP contribution in [0.4, 0.5) is 8.78 Å². The van der Waals surface area contributed by atoms with Gasteiger partial charge >= 0.3 is 0 Å². The fourth-order valence-corrected chi connectivity index (χ4v) is 2.27. The van der Waals surface area contributed by atoms with Crippen LogP contribution in [0.5, 0.6) is 0 Å². The van der Waals surface area contributed by atoms with Crippen LogP contribution in [0.25, 0.3) is 0 Å². The normalized spacial score (nSPS) is 28.3. The van der Waals surface area contributed by atoms with Crippen molar-refractivity contribution < 1.29 is 8.78 Å². The molecule has 1 saturated heterocycles. The number of alkyl halides is 2. The van der Waals surface area contributed by atoms with Crippen LogP contribution in [0.15, 0.2) is 0 Å². The number of hydrogen-bond donors (Lipinski definition) is 1. The number of likely N-dealkylation sites (tertiary alicyclic amines) is 1. The topological polar surface area (TPSA) is 15.3 Å². The lowest BCUT2D eigenvalue weighted by Crippen LogP contribution is -2.57. The summed E-state index contributed by atoms with van der Waals surface area (Å²) in [4.78, 5) is 1.83. The van der Waals surface area contributed by atoms with Crippen LogP contribution >= 0.6 is 11.9 Å². The lowest BCUT2D eigenvalue weighted by Gasteiger charge is -2.40. The molecule has 1 atom stereocenters. The van der Waals surface area contributed by atoms with Crippen LogP contribution in [0.1, 0.15) is 20.3 Å². The van der Waals surface area contributed by atoms with Gasteiger partial charge < -0.3 is 0 Å². The Hall–Kier alpha value is 0.130. The molecule has 0 aromatic rings. The molecule has 0 radical (unpaired) electrons. The van der Waals surface area contributed by atoms with Crippen molar-refractivity contribution in [3.8, 4) is 0 Å². The molecule has 1 N–H and O–H groups in total. The molecule has 2 nitrogen and oxygen atoms in total. The van der Waals surface area contributed by atoms with Crippen molar-refractivity contribution in [2.45, 2.75) is 38.3 Å². The number of piperidine rings is 1. The van der Waals surface area contributed by atoms with Gasteiger partial charge in [0.25, 0.3) is 5.92 Å².